The fourth-order valence-corrected chi connectivity index (χ4v) is 6.85. The fourth-order valence-electron chi connectivity index (χ4n) is 5.93. The van der Waals surface area contributed by atoms with E-state index in [0.29, 0.717) is 41.5 Å². The molecule has 2 aromatic heterocycles. The van der Waals surface area contributed by atoms with E-state index in [4.69, 9.17) is 0 Å². The zero-order valence-electron chi connectivity index (χ0n) is 20.8. The molecule has 2 saturated heterocycles. The smallest absolute Gasteiger partial charge is 0.337 e. The van der Waals surface area contributed by atoms with Crippen molar-refractivity contribution in [2.75, 3.05) is 38.5 Å². The van der Waals surface area contributed by atoms with Gasteiger partial charge in [0, 0.05) is 49.5 Å². The van der Waals surface area contributed by atoms with Crippen molar-refractivity contribution in [1.29, 1.82) is 0 Å². The summed E-state index contributed by atoms with van der Waals surface area (Å²) in [6.07, 6.45) is 6.41. The number of thioether (sulfide) groups is 1. The second-order valence-electron chi connectivity index (χ2n) is 10.3. The normalized spacial score (nSPS) is 21.5. The van der Waals surface area contributed by atoms with Crippen molar-refractivity contribution in [2.45, 2.75) is 38.1 Å². The minimum atomic E-state index is -0.899. The number of aromatic nitrogens is 3. The Hall–Kier alpha value is -2.78. The molecule has 6 rings (SSSR count). The van der Waals surface area contributed by atoms with Crippen LogP contribution in [0.25, 0.3) is 22.6 Å². The molecule has 37 heavy (non-hydrogen) atoms. The summed E-state index contributed by atoms with van der Waals surface area (Å²) in [5.41, 5.74) is 3.22. The first-order chi connectivity index (χ1) is 18.1. The molecule has 0 spiro atoms. The molecular formula is C28H32F2N5OS+. The van der Waals surface area contributed by atoms with Crippen LogP contribution in [0.4, 0.5) is 8.78 Å². The van der Waals surface area contributed by atoms with Crippen LogP contribution in [0.5, 0.6) is 0 Å². The number of aliphatic hydroxyl groups excluding tert-OH is 1. The van der Waals surface area contributed by atoms with E-state index >= 15 is 0 Å². The number of piperidine rings is 2. The van der Waals surface area contributed by atoms with Crippen molar-refractivity contribution in [2.24, 2.45) is 5.92 Å². The van der Waals surface area contributed by atoms with Crippen LogP contribution in [0.2, 0.25) is 0 Å². The molecular weight excluding hydrogens is 492 g/mol. The van der Waals surface area contributed by atoms with E-state index in [0.717, 1.165) is 51.4 Å². The van der Waals surface area contributed by atoms with Gasteiger partial charge in [-0.25, -0.2) is 18.3 Å². The monoisotopic (exact) mass is 524 g/mol. The standard InChI is InChI=1S/C28H31F2N5OS/c29-22-15-25-26(16-23(22)30)35(27(32-25)24-3-1-2-9-31-24)21-6-12-34(13-7-21)28(36)20-4-10-33(11-5-20)17-19-8-14-37-18-19/h1-3,9,15-16,18,20-21H,4-8,10-14,17H2/p+1. The first-order valence-electron chi connectivity index (χ1n) is 13.2. The second-order valence-corrected chi connectivity index (χ2v) is 11.3. The van der Waals surface area contributed by atoms with Crippen molar-refractivity contribution < 1.29 is 18.5 Å². The summed E-state index contributed by atoms with van der Waals surface area (Å²) in [6.45, 7) is 4.53. The SMILES string of the molecule is OC(C1CCN(CC2=CSCC2)CC1)=[N+]1CCC(n2c(-c3ccccn3)nc3cc(F)c(F)cc32)CC1. The molecule has 3 aliphatic heterocycles. The maximum atomic E-state index is 14.2. The van der Waals surface area contributed by atoms with E-state index in [9.17, 15) is 13.9 Å². The molecule has 3 aromatic rings. The minimum Gasteiger partial charge on any atom is -0.463 e. The number of rotatable bonds is 5. The number of pyridine rings is 1. The minimum absolute atomic E-state index is 0.0512. The summed E-state index contributed by atoms with van der Waals surface area (Å²) >= 11 is 1.91. The molecule has 9 heteroatoms. The molecule has 0 amide bonds. The molecule has 5 heterocycles. The third kappa shape index (κ3) is 5.03. The average Bonchev–Trinajstić information content (AvgIpc) is 3.57. The first kappa shape index (κ1) is 24.6. The molecule has 0 bridgehead atoms. The lowest BCUT2D eigenvalue weighted by molar-refractivity contribution is -0.549. The first-order valence-corrected chi connectivity index (χ1v) is 14.2. The molecule has 0 radical (unpaired) electrons. The van der Waals surface area contributed by atoms with Gasteiger partial charge in [0.05, 0.1) is 17.0 Å². The number of aliphatic hydroxyl groups is 1. The van der Waals surface area contributed by atoms with E-state index in [-0.39, 0.29) is 12.0 Å². The molecule has 0 atom stereocenters. The van der Waals surface area contributed by atoms with Crippen molar-refractivity contribution in [3.05, 3.63) is 59.1 Å². The summed E-state index contributed by atoms with van der Waals surface area (Å²) in [4.78, 5) is 11.6. The van der Waals surface area contributed by atoms with E-state index in [2.05, 4.69) is 24.9 Å². The zero-order valence-corrected chi connectivity index (χ0v) is 21.6. The maximum absolute atomic E-state index is 14.2. The molecule has 1 N–H and O–H groups in total. The Morgan fingerprint density at radius 1 is 1.08 bits per heavy atom. The Balaban J connectivity index is 1.18. The number of likely N-dealkylation sites (tertiary alicyclic amines) is 1. The Morgan fingerprint density at radius 2 is 1.86 bits per heavy atom. The number of benzene rings is 1. The van der Waals surface area contributed by atoms with Gasteiger partial charge in [-0.2, -0.15) is 0 Å². The van der Waals surface area contributed by atoms with Gasteiger partial charge in [-0.3, -0.25) is 9.88 Å². The Morgan fingerprint density at radius 3 is 2.57 bits per heavy atom. The Bertz CT molecular complexity index is 1340. The third-order valence-electron chi connectivity index (χ3n) is 7.95. The van der Waals surface area contributed by atoms with Crippen LogP contribution < -0.4 is 0 Å². The Labute approximate surface area is 219 Å². The lowest BCUT2D eigenvalue weighted by atomic mass is 9.95. The zero-order chi connectivity index (χ0) is 25.4. The van der Waals surface area contributed by atoms with Gasteiger partial charge >= 0.3 is 5.90 Å². The highest BCUT2D eigenvalue weighted by molar-refractivity contribution is 8.02. The lowest BCUT2D eigenvalue weighted by Gasteiger charge is -2.31. The van der Waals surface area contributed by atoms with Crippen molar-refractivity contribution in [3.8, 4) is 11.5 Å². The highest BCUT2D eigenvalue weighted by atomic mass is 32.2. The highest BCUT2D eigenvalue weighted by Gasteiger charge is 2.34. The van der Waals surface area contributed by atoms with Gasteiger partial charge in [-0.05, 0) is 55.5 Å². The fraction of sp³-hybridized carbons (Fsp3) is 0.464. The van der Waals surface area contributed by atoms with Gasteiger partial charge in [0.15, 0.2) is 17.5 Å². The molecule has 3 aliphatic rings. The maximum Gasteiger partial charge on any atom is 0.337 e. The highest BCUT2D eigenvalue weighted by Crippen LogP contribution is 2.33. The van der Waals surface area contributed by atoms with Gasteiger partial charge in [0.25, 0.3) is 0 Å². The van der Waals surface area contributed by atoms with Crippen LogP contribution in [-0.2, 0) is 0 Å². The van der Waals surface area contributed by atoms with E-state index in [1.807, 2.05) is 34.5 Å². The molecule has 2 fully saturated rings. The van der Waals surface area contributed by atoms with Gasteiger partial charge in [-0.1, -0.05) is 6.07 Å². The number of hydrogen-bond donors (Lipinski definition) is 1. The summed E-state index contributed by atoms with van der Waals surface area (Å²) in [5, 5.41) is 13.5. The predicted octanol–water partition coefficient (Wildman–Crippen LogP) is 5.41. The van der Waals surface area contributed by atoms with Crippen LogP contribution in [0, 0.1) is 17.6 Å². The van der Waals surface area contributed by atoms with Crippen molar-refractivity contribution >= 4 is 28.7 Å². The van der Waals surface area contributed by atoms with Crippen molar-refractivity contribution in [3.63, 3.8) is 0 Å². The number of imidazole rings is 1. The lowest BCUT2D eigenvalue weighted by Crippen LogP contribution is -2.41. The van der Waals surface area contributed by atoms with Gasteiger partial charge in [0.2, 0.25) is 0 Å². The number of hydrogen-bond acceptors (Lipinski definition) is 4. The second kappa shape index (κ2) is 10.5. The largest absolute Gasteiger partial charge is 0.463 e. The summed E-state index contributed by atoms with van der Waals surface area (Å²) in [6, 6.07) is 8.05. The van der Waals surface area contributed by atoms with E-state index in [1.165, 1.54) is 18.2 Å². The van der Waals surface area contributed by atoms with Crippen LogP contribution in [0.3, 0.4) is 0 Å². The predicted molar refractivity (Wildman–Crippen MR) is 143 cm³/mol. The van der Waals surface area contributed by atoms with Crippen LogP contribution in [0.15, 0.2) is 47.5 Å². The molecule has 194 valence electrons. The quantitative estimate of drug-likeness (QED) is 0.357. The Kier molecular flexibility index (Phi) is 6.99. The van der Waals surface area contributed by atoms with E-state index in [1.54, 1.807) is 11.8 Å². The number of halogens is 2. The molecule has 0 unspecified atom stereocenters. The molecule has 0 saturated carbocycles. The van der Waals surface area contributed by atoms with Crippen LogP contribution in [-0.4, -0.2) is 73.5 Å². The summed E-state index contributed by atoms with van der Waals surface area (Å²) < 4.78 is 32.4. The summed E-state index contributed by atoms with van der Waals surface area (Å²) in [7, 11) is 0. The molecule has 0 aliphatic carbocycles. The molecule has 1 aromatic carbocycles. The topological polar surface area (TPSA) is 57.2 Å². The summed E-state index contributed by atoms with van der Waals surface area (Å²) in [5.74, 6) is 0.774. The number of nitrogens with zero attached hydrogens (tertiary/aromatic N) is 5. The number of fused-ring (bicyclic) bond motifs is 1. The van der Waals surface area contributed by atoms with Gasteiger partial charge in [0.1, 0.15) is 18.8 Å². The molecule has 6 nitrogen and oxygen atoms in total. The van der Waals surface area contributed by atoms with E-state index < -0.39 is 11.6 Å². The third-order valence-corrected chi connectivity index (χ3v) is 8.89. The van der Waals surface area contributed by atoms with Crippen LogP contribution in [0.1, 0.15) is 38.1 Å². The average molecular weight is 525 g/mol. The van der Waals surface area contributed by atoms with Crippen molar-refractivity contribution in [1.82, 2.24) is 19.4 Å². The van der Waals surface area contributed by atoms with Gasteiger partial charge in [-0.15, -0.1) is 11.8 Å². The van der Waals surface area contributed by atoms with Crippen LogP contribution >= 0.6 is 11.8 Å². The van der Waals surface area contributed by atoms with Gasteiger partial charge < -0.3 is 9.67 Å².